The zero-order valence-corrected chi connectivity index (χ0v) is 14.0. The van der Waals surface area contributed by atoms with Crippen LogP contribution in [0, 0.1) is 5.92 Å². The monoisotopic (exact) mass is 308 g/mol. The Kier molecular flexibility index (Phi) is 8.55. The normalized spacial score (nSPS) is 12.2. The number of carbonyl (C=O) groups excluding carboxylic acids is 1. The Bertz CT molecular complexity index is 449. The van der Waals surface area contributed by atoms with E-state index in [1.165, 1.54) is 0 Å². The number of para-hydroxylation sites is 1. The third kappa shape index (κ3) is 6.45. The first-order chi connectivity index (χ1) is 10.6. The minimum Gasteiger partial charge on any atom is -0.496 e. The lowest BCUT2D eigenvalue weighted by Gasteiger charge is -2.23. The van der Waals surface area contributed by atoms with Gasteiger partial charge in [0.15, 0.2) is 0 Å². The van der Waals surface area contributed by atoms with Gasteiger partial charge in [0.25, 0.3) is 0 Å². The van der Waals surface area contributed by atoms with Crippen molar-refractivity contribution in [2.24, 2.45) is 5.92 Å². The number of amides is 1. The fraction of sp³-hybridized carbons (Fsp3) is 0.588. The van der Waals surface area contributed by atoms with E-state index in [9.17, 15) is 4.79 Å². The van der Waals surface area contributed by atoms with E-state index in [1.54, 1.807) is 14.2 Å². The molecule has 0 aliphatic rings. The molecule has 0 bridgehead atoms. The molecule has 1 amide bonds. The van der Waals surface area contributed by atoms with Crippen molar-refractivity contribution in [2.45, 2.75) is 26.3 Å². The molecule has 1 rings (SSSR count). The Balaban J connectivity index is 2.56. The van der Waals surface area contributed by atoms with Gasteiger partial charge in [0.05, 0.1) is 20.3 Å². The van der Waals surface area contributed by atoms with Crippen LogP contribution in [0.5, 0.6) is 5.75 Å². The summed E-state index contributed by atoms with van der Waals surface area (Å²) in [6.45, 7) is 5.79. The maximum absolute atomic E-state index is 12.0. The Morgan fingerprint density at radius 1 is 1.23 bits per heavy atom. The van der Waals surface area contributed by atoms with Crippen LogP contribution in [-0.4, -0.2) is 45.9 Å². The van der Waals surface area contributed by atoms with E-state index in [0.717, 1.165) is 17.7 Å². The third-order valence-electron chi connectivity index (χ3n) is 3.55. The summed E-state index contributed by atoms with van der Waals surface area (Å²) >= 11 is 0. The smallest absolute Gasteiger partial charge is 0.234 e. The van der Waals surface area contributed by atoms with Gasteiger partial charge in [-0.3, -0.25) is 4.79 Å². The van der Waals surface area contributed by atoms with Crippen molar-refractivity contribution in [2.75, 3.05) is 33.9 Å². The second-order valence-corrected chi connectivity index (χ2v) is 5.60. The number of hydrogen-bond acceptors (Lipinski definition) is 4. The summed E-state index contributed by atoms with van der Waals surface area (Å²) in [5.41, 5.74) is 1.11. The van der Waals surface area contributed by atoms with E-state index < -0.39 is 0 Å². The minimum absolute atomic E-state index is 0.00435. The standard InChI is InChI=1S/C17H28N2O3/c1-13(2)15(19-17(20)12-18-9-10-21-3)11-14-7-5-6-8-16(14)22-4/h5-8,13,15,18H,9-12H2,1-4H3,(H,19,20). The van der Waals surface area contributed by atoms with Crippen LogP contribution in [0.4, 0.5) is 0 Å². The van der Waals surface area contributed by atoms with E-state index in [0.29, 0.717) is 25.6 Å². The molecule has 0 saturated carbocycles. The molecule has 0 heterocycles. The zero-order valence-electron chi connectivity index (χ0n) is 14.0. The van der Waals surface area contributed by atoms with E-state index in [2.05, 4.69) is 24.5 Å². The van der Waals surface area contributed by atoms with Crippen molar-refractivity contribution in [1.29, 1.82) is 0 Å². The lowest BCUT2D eigenvalue weighted by Crippen LogP contribution is -2.44. The van der Waals surface area contributed by atoms with Crippen LogP contribution in [0.1, 0.15) is 19.4 Å². The molecule has 1 atom stereocenters. The second kappa shape index (κ2) is 10.2. The van der Waals surface area contributed by atoms with Crippen LogP contribution in [0.25, 0.3) is 0 Å². The van der Waals surface area contributed by atoms with Crippen LogP contribution in [-0.2, 0) is 16.0 Å². The van der Waals surface area contributed by atoms with Gasteiger partial charge >= 0.3 is 0 Å². The third-order valence-corrected chi connectivity index (χ3v) is 3.55. The maximum atomic E-state index is 12.0. The number of rotatable bonds is 10. The van der Waals surface area contributed by atoms with Crippen molar-refractivity contribution < 1.29 is 14.3 Å². The molecule has 22 heavy (non-hydrogen) atoms. The number of carbonyl (C=O) groups is 1. The highest BCUT2D eigenvalue weighted by Crippen LogP contribution is 2.20. The van der Waals surface area contributed by atoms with Crippen molar-refractivity contribution in [1.82, 2.24) is 10.6 Å². The topological polar surface area (TPSA) is 59.6 Å². The van der Waals surface area contributed by atoms with E-state index in [1.807, 2.05) is 24.3 Å². The molecule has 5 heteroatoms. The summed E-state index contributed by atoms with van der Waals surface area (Å²) in [6, 6.07) is 8.00. The molecule has 0 saturated heterocycles. The molecule has 0 spiro atoms. The fourth-order valence-electron chi connectivity index (χ4n) is 2.20. The van der Waals surface area contributed by atoms with Crippen LogP contribution in [0.2, 0.25) is 0 Å². The molecule has 124 valence electrons. The molecule has 2 N–H and O–H groups in total. The molecule has 0 aliphatic heterocycles. The van der Waals surface area contributed by atoms with Gasteiger partial charge in [0, 0.05) is 19.7 Å². The summed E-state index contributed by atoms with van der Waals surface area (Å²) in [4.78, 5) is 12.0. The highest BCUT2D eigenvalue weighted by atomic mass is 16.5. The van der Waals surface area contributed by atoms with Gasteiger partial charge < -0.3 is 20.1 Å². The molecule has 0 aromatic heterocycles. The number of hydrogen-bond donors (Lipinski definition) is 2. The van der Waals surface area contributed by atoms with Crippen LogP contribution >= 0.6 is 0 Å². The zero-order chi connectivity index (χ0) is 16.4. The number of benzene rings is 1. The van der Waals surface area contributed by atoms with E-state index in [-0.39, 0.29) is 11.9 Å². The van der Waals surface area contributed by atoms with E-state index in [4.69, 9.17) is 9.47 Å². The van der Waals surface area contributed by atoms with Crippen molar-refractivity contribution in [3.63, 3.8) is 0 Å². The SMILES string of the molecule is COCCNCC(=O)NC(Cc1ccccc1OC)C(C)C. The number of nitrogens with one attached hydrogen (secondary N) is 2. The molecule has 1 aromatic rings. The van der Waals surface area contributed by atoms with Gasteiger partial charge in [0.1, 0.15) is 5.75 Å². The van der Waals surface area contributed by atoms with Crippen LogP contribution in [0.3, 0.4) is 0 Å². The molecule has 0 radical (unpaired) electrons. The average molecular weight is 308 g/mol. The van der Waals surface area contributed by atoms with Gasteiger partial charge in [-0.25, -0.2) is 0 Å². The maximum Gasteiger partial charge on any atom is 0.234 e. The Hall–Kier alpha value is -1.59. The molecule has 5 nitrogen and oxygen atoms in total. The lowest BCUT2D eigenvalue weighted by molar-refractivity contribution is -0.121. The van der Waals surface area contributed by atoms with Gasteiger partial charge in [-0.1, -0.05) is 32.0 Å². The van der Waals surface area contributed by atoms with Gasteiger partial charge in [0.2, 0.25) is 5.91 Å². The first kappa shape index (κ1) is 18.5. The molecule has 0 fully saturated rings. The average Bonchev–Trinajstić information content (AvgIpc) is 2.51. The summed E-state index contributed by atoms with van der Waals surface area (Å²) in [5, 5.41) is 6.15. The summed E-state index contributed by atoms with van der Waals surface area (Å²) in [6.07, 6.45) is 0.755. The molecular weight excluding hydrogens is 280 g/mol. The Labute approximate surface area is 133 Å². The summed E-state index contributed by atoms with van der Waals surface area (Å²) in [7, 11) is 3.31. The predicted octanol–water partition coefficient (Wildman–Crippen LogP) is 1.61. The number of ether oxygens (including phenoxy) is 2. The highest BCUT2D eigenvalue weighted by Gasteiger charge is 2.18. The Morgan fingerprint density at radius 2 is 1.95 bits per heavy atom. The minimum atomic E-state index is 0.00435. The van der Waals surface area contributed by atoms with Crippen molar-refractivity contribution in [3.8, 4) is 5.75 Å². The largest absolute Gasteiger partial charge is 0.496 e. The molecule has 1 aromatic carbocycles. The van der Waals surface area contributed by atoms with Crippen LogP contribution in [0.15, 0.2) is 24.3 Å². The Morgan fingerprint density at radius 3 is 2.59 bits per heavy atom. The van der Waals surface area contributed by atoms with Gasteiger partial charge in [-0.2, -0.15) is 0 Å². The predicted molar refractivity (Wildman–Crippen MR) is 88.2 cm³/mol. The summed E-state index contributed by atoms with van der Waals surface area (Å²) in [5.74, 6) is 1.21. The molecule has 1 unspecified atom stereocenters. The first-order valence-electron chi connectivity index (χ1n) is 7.69. The van der Waals surface area contributed by atoms with Crippen LogP contribution < -0.4 is 15.4 Å². The van der Waals surface area contributed by atoms with Crippen molar-refractivity contribution >= 4 is 5.91 Å². The summed E-state index contributed by atoms with van der Waals surface area (Å²) < 4.78 is 10.3. The first-order valence-corrected chi connectivity index (χ1v) is 7.69. The van der Waals surface area contributed by atoms with Gasteiger partial charge in [-0.05, 0) is 24.0 Å². The van der Waals surface area contributed by atoms with E-state index >= 15 is 0 Å². The lowest BCUT2D eigenvalue weighted by atomic mass is 9.96. The van der Waals surface area contributed by atoms with Gasteiger partial charge in [-0.15, -0.1) is 0 Å². The highest BCUT2D eigenvalue weighted by molar-refractivity contribution is 5.78. The fourth-order valence-corrected chi connectivity index (χ4v) is 2.20. The molecular formula is C17H28N2O3. The quantitative estimate of drug-likeness (QED) is 0.645. The second-order valence-electron chi connectivity index (χ2n) is 5.60. The van der Waals surface area contributed by atoms with Crippen molar-refractivity contribution in [3.05, 3.63) is 29.8 Å². The molecule has 0 aliphatic carbocycles. The number of methoxy groups -OCH3 is 2.